The van der Waals surface area contributed by atoms with Gasteiger partial charge < -0.3 is 5.32 Å². The van der Waals surface area contributed by atoms with Gasteiger partial charge in [0.2, 0.25) is 0 Å². The first-order chi connectivity index (χ1) is 13.9. The molecule has 0 bridgehead atoms. The van der Waals surface area contributed by atoms with Crippen LogP contribution in [0, 0.1) is 12.7 Å². The Labute approximate surface area is 170 Å². The summed E-state index contributed by atoms with van der Waals surface area (Å²) in [4.78, 5) is 30.0. The van der Waals surface area contributed by atoms with Gasteiger partial charge in [-0.2, -0.15) is 0 Å². The van der Waals surface area contributed by atoms with Gasteiger partial charge in [-0.05, 0) is 67.6 Å². The molecule has 1 amide bonds. The molecule has 0 radical (unpaired) electrons. The van der Waals surface area contributed by atoms with E-state index in [1.54, 1.807) is 49.4 Å². The van der Waals surface area contributed by atoms with Crippen LogP contribution in [-0.2, 0) is 0 Å². The van der Waals surface area contributed by atoms with E-state index >= 15 is 0 Å². The number of hydrogen-bond donors (Lipinski definition) is 1. The van der Waals surface area contributed by atoms with Gasteiger partial charge in [0.1, 0.15) is 11.6 Å². The van der Waals surface area contributed by atoms with Crippen LogP contribution >= 0.6 is 11.6 Å². The Morgan fingerprint density at radius 2 is 1.83 bits per heavy atom. The highest BCUT2D eigenvalue weighted by molar-refractivity contribution is 6.30. The van der Waals surface area contributed by atoms with Crippen molar-refractivity contribution in [3.8, 4) is 5.69 Å². The first-order valence-corrected chi connectivity index (χ1v) is 9.16. The smallest absolute Gasteiger partial charge is 0.266 e. The normalized spacial score (nSPS) is 10.9. The van der Waals surface area contributed by atoms with Gasteiger partial charge >= 0.3 is 0 Å². The molecule has 0 atom stereocenters. The third kappa shape index (κ3) is 3.75. The maximum Gasteiger partial charge on any atom is 0.266 e. The van der Waals surface area contributed by atoms with Gasteiger partial charge in [0, 0.05) is 16.3 Å². The molecule has 0 aliphatic heterocycles. The SMILES string of the molecule is Cc1nc2ccc(NC(=O)c3cccc(F)c3)cc2c(=O)n1-c1ccc(Cl)cc1. The zero-order valence-corrected chi connectivity index (χ0v) is 16.1. The lowest BCUT2D eigenvalue weighted by Crippen LogP contribution is -2.22. The molecule has 3 aromatic carbocycles. The first-order valence-electron chi connectivity index (χ1n) is 8.79. The van der Waals surface area contributed by atoms with E-state index in [-0.39, 0.29) is 11.1 Å². The minimum Gasteiger partial charge on any atom is -0.322 e. The fourth-order valence-electron chi connectivity index (χ4n) is 3.10. The third-order valence-electron chi connectivity index (χ3n) is 4.47. The molecule has 1 heterocycles. The lowest BCUT2D eigenvalue weighted by molar-refractivity contribution is 0.102. The first kappa shape index (κ1) is 18.8. The lowest BCUT2D eigenvalue weighted by atomic mass is 10.1. The molecule has 1 aromatic heterocycles. The summed E-state index contributed by atoms with van der Waals surface area (Å²) in [6.07, 6.45) is 0. The van der Waals surface area contributed by atoms with Gasteiger partial charge in [0.25, 0.3) is 11.5 Å². The van der Waals surface area contributed by atoms with Gasteiger partial charge in [-0.25, -0.2) is 9.37 Å². The van der Waals surface area contributed by atoms with Crippen molar-refractivity contribution in [2.45, 2.75) is 6.92 Å². The Hall–Kier alpha value is -3.51. The van der Waals surface area contributed by atoms with Crippen molar-refractivity contribution in [2.24, 2.45) is 0 Å². The van der Waals surface area contributed by atoms with Crippen LogP contribution in [0.15, 0.2) is 71.5 Å². The number of nitrogens with one attached hydrogen (secondary N) is 1. The highest BCUT2D eigenvalue weighted by Crippen LogP contribution is 2.19. The molecule has 0 spiro atoms. The number of amides is 1. The van der Waals surface area contributed by atoms with Crippen LogP contribution < -0.4 is 10.9 Å². The largest absolute Gasteiger partial charge is 0.322 e. The Morgan fingerprint density at radius 1 is 1.07 bits per heavy atom. The molecule has 0 saturated heterocycles. The van der Waals surface area contributed by atoms with Crippen molar-refractivity contribution in [2.75, 3.05) is 5.32 Å². The summed E-state index contributed by atoms with van der Waals surface area (Å²) in [5.41, 5.74) is 1.49. The molecule has 4 rings (SSSR count). The van der Waals surface area contributed by atoms with Crippen molar-refractivity contribution < 1.29 is 9.18 Å². The van der Waals surface area contributed by atoms with Crippen molar-refractivity contribution in [3.63, 3.8) is 0 Å². The van der Waals surface area contributed by atoms with Gasteiger partial charge in [0.15, 0.2) is 0 Å². The quantitative estimate of drug-likeness (QED) is 0.533. The summed E-state index contributed by atoms with van der Waals surface area (Å²) in [7, 11) is 0. The molecule has 5 nitrogen and oxygen atoms in total. The molecule has 7 heteroatoms. The van der Waals surface area contributed by atoms with Gasteiger partial charge in [-0.3, -0.25) is 14.2 Å². The van der Waals surface area contributed by atoms with Crippen LogP contribution in [0.25, 0.3) is 16.6 Å². The monoisotopic (exact) mass is 407 g/mol. The van der Waals surface area contributed by atoms with Crippen LogP contribution in [0.4, 0.5) is 10.1 Å². The number of hydrogen-bond acceptors (Lipinski definition) is 3. The van der Waals surface area contributed by atoms with Crippen molar-refractivity contribution >= 4 is 34.1 Å². The fraction of sp³-hybridized carbons (Fsp3) is 0.0455. The number of aromatic nitrogens is 2. The number of aryl methyl sites for hydroxylation is 1. The van der Waals surface area contributed by atoms with Gasteiger partial charge in [0.05, 0.1) is 16.6 Å². The summed E-state index contributed by atoms with van der Waals surface area (Å²) in [6, 6.07) is 17.1. The molecule has 0 saturated carbocycles. The maximum absolute atomic E-state index is 13.4. The Kier molecular flexibility index (Phi) is 4.86. The number of nitrogens with zero attached hydrogens (tertiary/aromatic N) is 2. The number of benzene rings is 3. The zero-order valence-electron chi connectivity index (χ0n) is 15.3. The van der Waals surface area contributed by atoms with Crippen molar-refractivity contribution in [1.82, 2.24) is 9.55 Å². The molecule has 0 aliphatic carbocycles. The molecule has 0 fully saturated rings. The van der Waals surface area contributed by atoms with E-state index in [0.717, 1.165) is 6.07 Å². The van der Waals surface area contributed by atoms with Crippen LogP contribution in [0.2, 0.25) is 5.02 Å². The van der Waals surface area contributed by atoms with Gasteiger partial charge in [-0.15, -0.1) is 0 Å². The Bertz CT molecular complexity index is 1300. The maximum atomic E-state index is 13.4. The van der Waals surface area contributed by atoms with E-state index in [0.29, 0.717) is 33.1 Å². The number of fused-ring (bicyclic) bond motifs is 1. The number of halogens is 2. The van der Waals surface area contributed by atoms with Crippen LogP contribution in [0.1, 0.15) is 16.2 Å². The van der Waals surface area contributed by atoms with E-state index < -0.39 is 11.7 Å². The summed E-state index contributed by atoms with van der Waals surface area (Å²) in [5, 5.41) is 3.60. The zero-order chi connectivity index (χ0) is 20.5. The molecule has 1 N–H and O–H groups in total. The molecule has 29 heavy (non-hydrogen) atoms. The number of anilines is 1. The van der Waals surface area contributed by atoms with Crippen LogP contribution in [0.3, 0.4) is 0 Å². The number of rotatable bonds is 3. The molecular weight excluding hydrogens is 393 g/mol. The predicted molar refractivity (Wildman–Crippen MR) is 111 cm³/mol. The second-order valence-corrected chi connectivity index (χ2v) is 6.91. The molecule has 144 valence electrons. The van der Waals surface area contributed by atoms with Crippen LogP contribution in [0.5, 0.6) is 0 Å². The van der Waals surface area contributed by atoms with Crippen molar-refractivity contribution in [3.05, 3.63) is 99.3 Å². The van der Waals surface area contributed by atoms with Gasteiger partial charge in [-0.1, -0.05) is 17.7 Å². The van der Waals surface area contributed by atoms with E-state index in [2.05, 4.69) is 10.3 Å². The van der Waals surface area contributed by atoms with E-state index in [1.165, 1.54) is 22.8 Å². The molecular formula is C22H15ClFN3O2. The summed E-state index contributed by atoms with van der Waals surface area (Å²) >= 11 is 5.94. The molecule has 4 aromatic rings. The minimum absolute atomic E-state index is 0.186. The highest BCUT2D eigenvalue weighted by atomic mass is 35.5. The summed E-state index contributed by atoms with van der Waals surface area (Å²) in [5.74, 6) is -0.440. The average Bonchev–Trinajstić information content (AvgIpc) is 2.70. The second-order valence-electron chi connectivity index (χ2n) is 6.47. The van der Waals surface area contributed by atoms with E-state index in [9.17, 15) is 14.0 Å². The average molecular weight is 408 g/mol. The number of carbonyl (C=O) groups is 1. The van der Waals surface area contributed by atoms with E-state index in [4.69, 9.17) is 11.6 Å². The van der Waals surface area contributed by atoms with Crippen molar-refractivity contribution in [1.29, 1.82) is 0 Å². The van der Waals surface area contributed by atoms with E-state index in [1.807, 2.05) is 0 Å². The second kappa shape index (κ2) is 7.48. The Balaban J connectivity index is 1.76. The highest BCUT2D eigenvalue weighted by Gasteiger charge is 2.12. The topological polar surface area (TPSA) is 64.0 Å². The lowest BCUT2D eigenvalue weighted by Gasteiger charge is -2.12. The summed E-state index contributed by atoms with van der Waals surface area (Å²) < 4.78 is 14.8. The molecule has 0 unspecified atom stereocenters. The summed E-state index contributed by atoms with van der Waals surface area (Å²) in [6.45, 7) is 1.75. The van der Waals surface area contributed by atoms with Crippen LogP contribution in [-0.4, -0.2) is 15.5 Å². The number of carbonyl (C=O) groups excluding carboxylic acids is 1. The Morgan fingerprint density at radius 3 is 2.55 bits per heavy atom. The predicted octanol–water partition coefficient (Wildman–Crippen LogP) is 4.74. The standard InChI is InChI=1S/C22H15ClFN3O2/c1-13-25-20-10-7-17(26-21(28)14-3-2-4-16(24)11-14)12-19(20)22(29)27(13)18-8-5-15(23)6-9-18/h2-12H,1H3,(H,26,28). The fourth-order valence-corrected chi connectivity index (χ4v) is 3.23. The third-order valence-corrected chi connectivity index (χ3v) is 4.72. The molecule has 0 aliphatic rings. The minimum atomic E-state index is -0.498.